The van der Waals surface area contributed by atoms with E-state index in [2.05, 4.69) is 15.5 Å². The van der Waals surface area contributed by atoms with Gasteiger partial charge in [-0.2, -0.15) is 0 Å². The van der Waals surface area contributed by atoms with Crippen molar-refractivity contribution in [2.75, 3.05) is 26.7 Å². The Morgan fingerprint density at radius 2 is 2.22 bits per heavy atom. The molecule has 4 nitrogen and oxygen atoms in total. The number of nitrogens with zero attached hydrogens (tertiary/aromatic N) is 1. The van der Waals surface area contributed by atoms with Crippen LogP contribution in [0.3, 0.4) is 0 Å². The molecule has 0 saturated carbocycles. The molecule has 2 N–H and O–H groups in total. The van der Waals surface area contributed by atoms with Gasteiger partial charge in [0.05, 0.1) is 12.3 Å². The fourth-order valence-electron chi connectivity index (χ4n) is 2.40. The lowest BCUT2D eigenvalue weighted by Gasteiger charge is -2.33. The van der Waals surface area contributed by atoms with E-state index in [1.54, 1.807) is 6.26 Å². The number of thiocarbonyl (C=S) groups is 1. The maximum absolute atomic E-state index is 5.57. The first-order chi connectivity index (χ1) is 8.81. The SMILES string of the molecule is CNC(=S)NCC(c1ccco1)N1CCCCC1. The summed E-state index contributed by atoms with van der Waals surface area (Å²) in [7, 11) is 1.83. The number of furan rings is 1. The van der Waals surface area contributed by atoms with E-state index in [-0.39, 0.29) is 6.04 Å². The van der Waals surface area contributed by atoms with Crippen molar-refractivity contribution in [1.29, 1.82) is 0 Å². The molecule has 1 aromatic heterocycles. The summed E-state index contributed by atoms with van der Waals surface area (Å²) in [5.41, 5.74) is 0. The van der Waals surface area contributed by atoms with Crippen molar-refractivity contribution in [3.05, 3.63) is 24.2 Å². The molecule has 2 heterocycles. The van der Waals surface area contributed by atoms with Crippen LogP contribution in [0.2, 0.25) is 0 Å². The van der Waals surface area contributed by atoms with Crippen LogP contribution in [0, 0.1) is 0 Å². The van der Waals surface area contributed by atoms with Crippen LogP contribution in [-0.4, -0.2) is 36.7 Å². The zero-order valence-electron chi connectivity index (χ0n) is 10.8. The van der Waals surface area contributed by atoms with Crippen LogP contribution in [0.5, 0.6) is 0 Å². The first-order valence-corrected chi connectivity index (χ1v) is 6.95. The Morgan fingerprint density at radius 3 is 2.83 bits per heavy atom. The van der Waals surface area contributed by atoms with E-state index in [1.807, 2.05) is 19.2 Å². The summed E-state index contributed by atoms with van der Waals surface area (Å²) in [6.07, 6.45) is 5.62. The Hall–Kier alpha value is -1.07. The molecular formula is C13H21N3OS. The number of hydrogen-bond donors (Lipinski definition) is 2. The molecule has 100 valence electrons. The maximum Gasteiger partial charge on any atom is 0.166 e. The molecule has 1 saturated heterocycles. The van der Waals surface area contributed by atoms with Gasteiger partial charge in [-0.05, 0) is 50.3 Å². The van der Waals surface area contributed by atoms with Crippen LogP contribution in [0.4, 0.5) is 0 Å². The lowest BCUT2D eigenvalue weighted by molar-refractivity contribution is 0.146. The maximum atomic E-state index is 5.57. The molecule has 5 heteroatoms. The normalized spacial score (nSPS) is 18.3. The highest BCUT2D eigenvalue weighted by molar-refractivity contribution is 7.80. The van der Waals surface area contributed by atoms with E-state index in [0.29, 0.717) is 5.11 Å². The molecule has 0 bridgehead atoms. The fourth-order valence-corrected chi connectivity index (χ4v) is 2.48. The molecule has 0 aromatic carbocycles. The summed E-state index contributed by atoms with van der Waals surface area (Å²) in [6.45, 7) is 3.06. The van der Waals surface area contributed by atoms with Crippen LogP contribution < -0.4 is 10.6 Å². The predicted octanol–water partition coefficient (Wildman–Crippen LogP) is 1.90. The second-order valence-corrected chi connectivity index (χ2v) is 5.00. The van der Waals surface area contributed by atoms with Crippen molar-refractivity contribution < 1.29 is 4.42 Å². The van der Waals surface area contributed by atoms with Gasteiger partial charge in [-0.15, -0.1) is 0 Å². The second kappa shape index (κ2) is 6.75. The van der Waals surface area contributed by atoms with E-state index in [4.69, 9.17) is 16.6 Å². The third kappa shape index (κ3) is 3.46. The highest BCUT2D eigenvalue weighted by atomic mass is 32.1. The zero-order chi connectivity index (χ0) is 12.8. The summed E-state index contributed by atoms with van der Waals surface area (Å²) < 4.78 is 5.57. The molecule has 2 rings (SSSR count). The van der Waals surface area contributed by atoms with Crippen molar-refractivity contribution in [3.8, 4) is 0 Å². The number of piperidine rings is 1. The van der Waals surface area contributed by atoms with E-state index in [0.717, 1.165) is 25.4 Å². The van der Waals surface area contributed by atoms with Gasteiger partial charge in [-0.3, -0.25) is 4.90 Å². The van der Waals surface area contributed by atoms with Gasteiger partial charge < -0.3 is 15.1 Å². The van der Waals surface area contributed by atoms with Crippen molar-refractivity contribution in [2.24, 2.45) is 0 Å². The largest absolute Gasteiger partial charge is 0.468 e. The summed E-state index contributed by atoms with van der Waals surface area (Å²) in [5, 5.41) is 6.86. The lowest BCUT2D eigenvalue weighted by atomic mass is 10.1. The van der Waals surface area contributed by atoms with Gasteiger partial charge in [-0.1, -0.05) is 6.42 Å². The van der Waals surface area contributed by atoms with Gasteiger partial charge in [-0.25, -0.2) is 0 Å². The Bertz CT molecular complexity index is 360. The standard InChI is InChI=1S/C13H21N3OS/c1-14-13(18)15-10-11(12-6-5-9-17-12)16-7-3-2-4-8-16/h5-6,9,11H,2-4,7-8,10H2,1H3,(H2,14,15,18). The van der Waals surface area contributed by atoms with Gasteiger partial charge in [0.2, 0.25) is 0 Å². The first kappa shape index (κ1) is 13.4. The van der Waals surface area contributed by atoms with E-state index >= 15 is 0 Å². The molecule has 1 unspecified atom stereocenters. The molecule has 1 aromatic rings. The Morgan fingerprint density at radius 1 is 1.44 bits per heavy atom. The van der Waals surface area contributed by atoms with Gasteiger partial charge in [0.25, 0.3) is 0 Å². The molecule has 0 spiro atoms. The Kier molecular flexibility index (Phi) is 5.01. The minimum Gasteiger partial charge on any atom is -0.468 e. The second-order valence-electron chi connectivity index (χ2n) is 4.59. The van der Waals surface area contributed by atoms with Gasteiger partial charge >= 0.3 is 0 Å². The minimum atomic E-state index is 0.270. The third-order valence-corrected chi connectivity index (χ3v) is 3.73. The monoisotopic (exact) mass is 267 g/mol. The summed E-state index contributed by atoms with van der Waals surface area (Å²) in [5.74, 6) is 1.02. The molecular weight excluding hydrogens is 246 g/mol. The number of likely N-dealkylation sites (tertiary alicyclic amines) is 1. The molecule has 1 fully saturated rings. The molecule has 1 aliphatic rings. The number of rotatable bonds is 4. The molecule has 1 atom stereocenters. The average Bonchev–Trinajstić information content (AvgIpc) is 2.94. The van der Waals surface area contributed by atoms with Crippen LogP contribution in [0.25, 0.3) is 0 Å². The molecule has 18 heavy (non-hydrogen) atoms. The quantitative estimate of drug-likeness (QED) is 0.816. The highest BCUT2D eigenvalue weighted by Gasteiger charge is 2.24. The van der Waals surface area contributed by atoms with E-state index in [9.17, 15) is 0 Å². The van der Waals surface area contributed by atoms with Crippen molar-refractivity contribution in [2.45, 2.75) is 25.3 Å². The van der Waals surface area contributed by atoms with Gasteiger partial charge in [0.1, 0.15) is 5.76 Å². The van der Waals surface area contributed by atoms with Crippen LogP contribution in [0.15, 0.2) is 22.8 Å². The average molecular weight is 267 g/mol. The third-order valence-electron chi connectivity index (χ3n) is 3.39. The van der Waals surface area contributed by atoms with Gasteiger partial charge in [0, 0.05) is 13.6 Å². The summed E-state index contributed by atoms with van der Waals surface area (Å²) in [4.78, 5) is 2.48. The predicted molar refractivity (Wildman–Crippen MR) is 76.5 cm³/mol. The van der Waals surface area contributed by atoms with Crippen molar-refractivity contribution in [1.82, 2.24) is 15.5 Å². The Balaban J connectivity index is 2.00. The number of nitrogens with one attached hydrogen (secondary N) is 2. The smallest absolute Gasteiger partial charge is 0.166 e. The van der Waals surface area contributed by atoms with E-state index < -0.39 is 0 Å². The summed E-state index contributed by atoms with van der Waals surface area (Å²) >= 11 is 5.13. The molecule has 1 aliphatic heterocycles. The van der Waals surface area contributed by atoms with Crippen molar-refractivity contribution >= 4 is 17.3 Å². The van der Waals surface area contributed by atoms with Crippen LogP contribution >= 0.6 is 12.2 Å². The van der Waals surface area contributed by atoms with Crippen LogP contribution in [-0.2, 0) is 0 Å². The zero-order valence-corrected chi connectivity index (χ0v) is 11.6. The molecule has 0 aliphatic carbocycles. The molecule has 0 amide bonds. The van der Waals surface area contributed by atoms with E-state index in [1.165, 1.54) is 19.3 Å². The van der Waals surface area contributed by atoms with Crippen molar-refractivity contribution in [3.63, 3.8) is 0 Å². The summed E-state index contributed by atoms with van der Waals surface area (Å²) in [6, 6.07) is 4.26. The lowest BCUT2D eigenvalue weighted by Crippen LogP contribution is -2.42. The first-order valence-electron chi connectivity index (χ1n) is 6.54. The van der Waals surface area contributed by atoms with Crippen LogP contribution in [0.1, 0.15) is 31.1 Å². The molecule has 0 radical (unpaired) electrons. The van der Waals surface area contributed by atoms with Gasteiger partial charge in [0.15, 0.2) is 5.11 Å². The highest BCUT2D eigenvalue weighted by Crippen LogP contribution is 2.24. The fraction of sp³-hybridized carbons (Fsp3) is 0.615. The minimum absolute atomic E-state index is 0.270. The topological polar surface area (TPSA) is 40.4 Å². The number of hydrogen-bond acceptors (Lipinski definition) is 3. The Labute approximate surface area is 114 Å².